The summed E-state index contributed by atoms with van der Waals surface area (Å²) in [5.41, 5.74) is 0.330. The van der Waals surface area contributed by atoms with E-state index < -0.39 is 0 Å². The van der Waals surface area contributed by atoms with Gasteiger partial charge in [-0.05, 0) is 46.1 Å². The minimum atomic E-state index is -0.386. The molecular formula is C14H21N3O2. The maximum Gasteiger partial charge on any atom is 0.357 e. The minimum Gasteiger partial charge on any atom is -0.458 e. The van der Waals surface area contributed by atoms with E-state index in [0.29, 0.717) is 17.7 Å². The highest BCUT2D eigenvalue weighted by atomic mass is 16.5. The van der Waals surface area contributed by atoms with E-state index in [9.17, 15) is 4.79 Å². The lowest BCUT2D eigenvalue weighted by molar-refractivity contribution is 0.0370. The van der Waals surface area contributed by atoms with Gasteiger partial charge in [0.25, 0.3) is 0 Å². The minimum absolute atomic E-state index is 0.139. The zero-order chi connectivity index (χ0) is 13.8. The molecule has 1 aromatic heterocycles. The molecule has 19 heavy (non-hydrogen) atoms. The average molecular weight is 263 g/mol. The largest absolute Gasteiger partial charge is 0.458 e. The number of carbonyl (C=O) groups excluding carboxylic acids is 1. The van der Waals surface area contributed by atoms with Crippen LogP contribution in [-0.2, 0) is 4.74 Å². The van der Waals surface area contributed by atoms with Crippen molar-refractivity contribution in [3.8, 4) is 0 Å². The van der Waals surface area contributed by atoms with Gasteiger partial charge in [-0.25, -0.2) is 14.8 Å². The van der Waals surface area contributed by atoms with Gasteiger partial charge in [-0.15, -0.1) is 0 Å². The Kier molecular flexibility index (Phi) is 4.35. The average Bonchev–Trinajstić information content (AvgIpc) is 2.38. The Hall–Kier alpha value is -1.65. The van der Waals surface area contributed by atoms with Gasteiger partial charge >= 0.3 is 5.97 Å². The van der Waals surface area contributed by atoms with Gasteiger partial charge in [-0.3, -0.25) is 0 Å². The summed E-state index contributed by atoms with van der Waals surface area (Å²) in [5.74, 6) is 0.244. The number of aromatic nitrogens is 2. The number of hydrogen-bond donors (Lipinski definition) is 0. The molecule has 0 aromatic carbocycles. The second kappa shape index (κ2) is 5.99. The summed E-state index contributed by atoms with van der Waals surface area (Å²) in [4.78, 5) is 22.6. The van der Waals surface area contributed by atoms with Gasteiger partial charge in [0.2, 0.25) is 5.95 Å². The zero-order valence-electron chi connectivity index (χ0n) is 11.8. The fourth-order valence-electron chi connectivity index (χ4n) is 2.27. The van der Waals surface area contributed by atoms with Crippen LogP contribution in [0.5, 0.6) is 0 Å². The SMILES string of the molecule is CC(C)OC(=O)c1ccnc(N2CCCCC2C)n1. The summed E-state index contributed by atoms with van der Waals surface area (Å²) in [5, 5.41) is 0. The molecule has 0 bridgehead atoms. The van der Waals surface area contributed by atoms with E-state index >= 15 is 0 Å². The van der Waals surface area contributed by atoms with Crippen LogP contribution in [-0.4, -0.2) is 34.6 Å². The van der Waals surface area contributed by atoms with Gasteiger partial charge in [0, 0.05) is 18.8 Å². The number of ether oxygens (including phenoxy) is 1. The summed E-state index contributed by atoms with van der Waals surface area (Å²) in [6.45, 7) is 6.77. The van der Waals surface area contributed by atoms with Crippen molar-refractivity contribution in [3.63, 3.8) is 0 Å². The molecule has 1 unspecified atom stereocenters. The van der Waals surface area contributed by atoms with Crippen LogP contribution in [0.4, 0.5) is 5.95 Å². The lowest BCUT2D eigenvalue weighted by Crippen LogP contribution is -2.38. The van der Waals surface area contributed by atoms with E-state index in [1.54, 1.807) is 12.3 Å². The molecule has 104 valence electrons. The molecule has 2 rings (SSSR count). The number of anilines is 1. The third-order valence-electron chi connectivity index (χ3n) is 3.25. The van der Waals surface area contributed by atoms with E-state index in [1.807, 2.05) is 13.8 Å². The molecule has 5 heteroatoms. The molecule has 1 aliphatic rings. The maximum absolute atomic E-state index is 11.8. The van der Waals surface area contributed by atoms with E-state index in [1.165, 1.54) is 6.42 Å². The van der Waals surface area contributed by atoms with Gasteiger partial charge in [-0.1, -0.05) is 0 Å². The Balaban J connectivity index is 2.16. The van der Waals surface area contributed by atoms with E-state index in [-0.39, 0.29) is 12.1 Å². The Morgan fingerprint density at radius 3 is 2.95 bits per heavy atom. The lowest BCUT2D eigenvalue weighted by atomic mass is 10.0. The molecule has 0 spiro atoms. The summed E-state index contributed by atoms with van der Waals surface area (Å²) >= 11 is 0. The number of esters is 1. The van der Waals surface area contributed by atoms with Crippen LogP contribution in [0.25, 0.3) is 0 Å². The third kappa shape index (κ3) is 3.43. The summed E-state index contributed by atoms with van der Waals surface area (Å²) < 4.78 is 5.16. The highest BCUT2D eigenvalue weighted by Crippen LogP contribution is 2.21. The molecule has 1 aliphatic heterocycles. The number of nitrogens with zero attached hydrogens (tertiary/aromatic N) is 3. The molecule has 0 saturated carbocycles. The van der Waals surface area contributed by atoms with Crippen molar-refractivity contribution < 1.29 is 9.53 Å². The molecule has 1 aromatic rings. The highest BCUT2D eigenvalue weighted by molar-refractivity contribution is 5.87. The summed E-state index contributed by atoms with van der Waals surface area (Å²) in [6.07, 6.45) is 5.02. The maximum atomic E-state index is 11.8. The number of rotatable bonds is 3. The van der Waals surface area contributed by atoms with Crippen molar-refractivity contribution in [2.45, 2.75) is 52.2 Å². The first-order chi connectivity index (χ1) is 9.08. The molecule has 2 heterocycles. The molecular weight excluding hydrogens is 242 g/mol. The van der Waals surface area contributed by atoms with Crippen LogP contribution in [0.2, 0.25) is 0 Å². The predicted molar refractivity (Wildman–Crippen MR) is 73.2 cm³/mol. The summed E-state index contributed by atoms with van der Waals surface area (Å²) in [6, 6.07) is 2.02. The van der Waals surface area contributed by atoms with Crippen molar-refractivity contribution in [1.29, 1.82) is 0 Å². The van der Waals surface area contributed by atoms with Gasteiger partial charge in [0.15, 0.2) is 5.69 Å². The van der Waals surface area contributed by atoms with Crippen molar-refractivity contribution in [1.82, 2.24) is 9.97 Å². The van der Waals surface area contributed by atoms with Crippen molar-refractivity contribution in [3.05, 3.63) is 18.0 Å². The van der Waals surface area contributed by atoms with Crippen LogP contribution in [0.3, 0.4) is 0 Å². The van der Waals surface area contributed by atoms with Crippen LogP contribution in [0.15, 0.2) is 12.3 Å². The molecule has 1 saturated heterocycles. The fraction of sp³-hybridized carbons (Fsp3) is 0.643. The van der Waals surface area contributed by atoms with Gasteiger partial charge in [0.1, 0.15) is 0 Å². The Labute approximate surface area is 114 Å². The Morgan fingerprint density at radius 2 is 2.26 bits per heavy atom. The number of carbonyl (C=O) groups is 1. The predicted octanol–water partition coefficient (Wildman–Crippen LogP) is 2.42. The molecule has 0 N–H and O–H groups in total. The van der Waals surface area contributed by atoms with Crippen LogP contribution < -0.4 is 4.90 Å². The molecule has 1 atom stereocenters. The topological polar surface area (TPSA) is 55.3 Å². The van der Waals surface area contributed by atoms with Crippen LogP contribution >= 0.6 is 0 Å². The monoisotopic (exact) mass is 263 g/mol. The van der Waals surface area contributed by atoms with Crippen molar-refractivity contribution in [2.24, 2.45) is 0 Å². The van der Waals surface area contributed by atoms with Crippen LogP contribution in [0.1, 0.15) is 50.5 Å². The van der Waals surface area contributed by atoms with E-state index in [4.69, 9.17) is 4.74 Å². The molecule has 1 fully saturated rings. The number of piperidine rings is 1. The zero-order valence-corrected chi connectivity index (χ0v) is 11.8. The first kappa shape index (κ1) is 13.8. The van der Waals surface area contributed by atoms with Crippen molar-refractivity contribution in [2.75, 3.05) is 11.4 Å². The highest BCUT2D eigenvalue weighted by Gasteiger charge is 2.22. The molecule has 0 aliphatic carbocycles. The van der Waals surface area contributed by atoms with Gasteiger partial charge in [0.05, 0.1) is 6.10 Å². The standard InChI is InChI=1S/C14H21N3O2/c1-10(2)19-13(18)12-7-8-15-14(16-12)17-9-5-4-6-11(17)3/h7-8,10-11H,4-6,9H2,1-3H3. The smallest absolute Gasteiger partial charge is 0.357 e. The first-order valence-electron chi connectivity index (χ1n) is 6.88. The third-order valence-corrected chi connectivity index (χ3v) is 3.25. The van der Waals surface area contributed by atoms with Crippen molar-refractivity contribution >= 4 is 11.9 Å². The van der Waals surface area contributed by atoms with Gasteiger partial charge < -0.3 is 9.64 Å². The second-order valence-electron chi connectivity index (χ2n) is 5.23. The number of hydrogen-bond acceptors (Lipinski definition) is 5. The van der Waals surface area contributed by atoms with E-state index in [0.717, 1.165) is 19.4 Å². The van der Waals surface area contributed by atoms with Gasteiger partial charge in [-0.2, -0.15) is 0 Å². The Morgan fingerprint density at radius 1 is 1.47 bits per heavy atom. The Bertz CT molecular complexity index is 448. The first-order valence-corrected chi connectivity index (χ1v) is 6.88. The summed E-state index contributed by atoms with van der Waals surface area (Å²) in [7, 11) is 0. The fourth-order valence-corrected chi connectivity index (χ4v) is 2.27. The lowest BCUT2D eigenvalue weighted by Gasteiger charge is -2.33. The quantitative estimate of drug-likeness (QED) is 0.784. The van der Waals surface area contributed by atoms with E-state index in [2.05, 4.69) is 21.8 Å². The molecule has 0 amide bonds. The molecule has 5 nitrogen and oxygen atoms in total. The molecule has 0 radical (unpaired) electrons. The second-order valence-corrected chi connectivity index (χ2v) is 5.23. The normalized spacial score (nSPS) is 19.6. The van der Waals surface area contributed by atoms with Crippen LogP contribution in [0, 0.1) is 0 Å².